The second-order valence-electron chi connectivity index (χ2n) is 3.14. The van der Waals surface area contributed by atoms with Crippen LogP contribution in [0.3, 0.4) is 0 Å². The monoisotopic (exact) mass is 214 g/mol. The van der Waals surface area contributed by atoms with Crippen LogP contribution in [-0.2, 0) is 0 Å². The van der Waals surface area contributed by atoms with E-state index >= 15 is 0 Å². The van der Waals surface area contributed by atoms with E-state index in [0.717, 1.165) is 12.6 Å². The molecule has 0 spiro atoms. The fourth-order valence-electron chi connectivity index (χ4n) is 1.50. The molecule has 0 aliphatic carbocycles. The number of nitrogens with zero attached hydrogens (tertiary/aromatic N) is 1. The normalized spacial score (nSPS) is 19.5. The summed E-state index contributed by atoms with van der Waals surface area (Å²) in [7, 11) is 2.20. The fourth-order valence-corrected chi connectivity index (χ4v) is 1.50. The van der Waals surface area contributed by atoms with Gasteiger partial charge in [0.1, 0.15) is 0 Å². The summed E-state index contributed by atoms with van der Waals surface area (Å²) in [4.78, 5) is 2.40. The highest BCUT2D eigenvalue weighted by molar-refractivity contribution is 5.85. The van der Waals surface area contributed by atoms with E-state index in [4.69, 9.17) is 0 Å². The first-order valence-electron chi connectivity index (χ1n) is 4.25. The fraction of sp³-hybridized carbons (Fsp3) is 1.00. The molecular formula is C8H20Cl2N2. The predicted octanol–water partition coefficient (Wildman–Crippen LogP) is 1.53. The van der Waals surface area contributed by atoms with Crippen LogP contribution in [0.25, 0.3) is 0 Å². The summed E-state index contributed by atoms with van der Waals surface area (Å²) in [5, 5.41) is 3.48. The van der Waals surface area contributed by atoms with E-state index in [1.165, 1.54) is 25.9 Å². The van der Waals surface area contributed by atoms with Crippen molar-refractivity contribution in [1.82, 2.24) is 10.2 Å². The Labute approximate surface area is 87.9 Å². The third-order valence-corrected chi connectivity index (χ3v) is 2.21. The SMILES string of the molecule is CCNC1CCN(C)CC1.Cl.Cl. The van der Waals surface area contributed by atoms with Crippen molar-refractivity contribution in [2.45, 2.75) is 25.8 Å². The van der Waals surface area contributed by atoms with E-state index in [0.29, 0.717) is 0 Å². The zero-order valence-corrected chi connectivity index (χ0v) is 9.51. The molecule has 1 heterocycles. The Balaban J connectivity index is 0. The van der Waals surface area contributed by atoms with Gasteiger partial charge >= 0.3 is 0 Å². The average molecular weight is 215 g/mol. The third kappa shape index (κ3) is 5.20. The van der Waals surface area contributed by atoms with Crippen LogP contribution in [0.15, 0.2) is 0 Å². The van der Waals surface area contributed by atoms with Gasteiger partial charge in [-0.05, 0) is 39.5 Å². The Morgan fingerprint density at radius 1 is 1.25 bits per heavy atom. The smallest absolute Gasteiger partial charge is 0.00912 e. The van der Waals surface area contributed by atoms with Crippen molar-refractivity contribution >= 4 is 24.8 Å². The molecule has 12 heavy (non-hydrogen) atoms. The van der Waals surface area contributed by atoms with Gasteiger partial charge in [0.05, 0.1) is 0 Å². The third-order valence-electron chi connectivity index (χ3n) is 2.21. The number of piperidine rings is 1. The van der Waals surface area contributed by atoms with Gasteiger partial charge in [-0.25, -0.2) is 0 Å². The van der Waals surface area contributed by atoms with E-state index < -0.39 is 0 Å². The average Bonchev–Trinajstić information content (AvgIpc) is 1.95. The summed E-state index contributed by atoms with van der Waals surface area (Å²) in [6, 6.07) is 0.793. The summed E-state index contributed by atoms with van der Waals surface area (Å²) < 4.78 is 0. The first-order chi connectivity index (χ1) is 4.83. The molecule has 0 aromatic rings. The highest BCUT2D eigenvalue weighted by atomic mass is 35.5. The van der Waals surface area contributed by atoms with E-state index in [1.54, 1.807) is 0 Å². The summed E-state index contributed by atoms with van der Waals surface area (Å²) in [6.45, 7) is 5.82. The van der Waals surface area contributed by atoms with Gasteiger partial charge in [0, 0.05) is 6.04 Å². The molecule has 4 heteroatoms. The molecule has 0 aromatic carbocycles. The van der Waals surface area contributed by atoms with Gasteiger partial charge in [-0.2, -0.15) is 0 Å². The van der Waals surface area contributed by atoms with E-state index in [-0.39, 0.29) is 24.8 Å². The van der Waals surface area contributed by atoms with Crippen LogP contribution in [-0.4, -0.2) is 37.6 Å². The number of rotatable bonds is 2. The lowest BCUT2D eigenvalue weighted by molar-refractivity contribution is 0.236. The van der Waals surface area contributed by atoms with Crippen LogP contribution in [0.1, 0.15) is 19.8 Å². The Kier molecular flexibility index (Phi) is 10.1. The van der Waals surface area contributed by atoms with Crippen molar-refractivity contribution in [1.29, 1.82) is 0 Å². The van der Waals surface area contributed by atoms with Gasteiger partial charge in [-0.1, -0.05) is 6.92 Å². The largest absolute Gasteiger partial charge is 0.314 e. The molecule has 0 aromatic heterocycles. The van der Waals surface area contributed by atoms with Gasteiger partial charge in [0.2, 0.25) is 0 Å². The van der Waals surface area contributed by atoms with Crippen LogP contribution in [0.2, 0.25) is 0 Å². The van der Waals surface area contributed by atoms with Crippen molar-refractivity contribution in [2.24, 2.45) is 0 Å². The lowest BCUT2D eigenvalue weighted by Crippen LogP contribution is -2.40. The summed E-state index contributed by atoms with van der Waals surface area (Å²) in [5.74, 6) is 0. The minimum atomic E-state index is 0. The van der Waals surface area contributed by atoms with Gasteiger partial charge in [0.25, 0.3) is 0 Å². The van der Waals surface area contributed by atoms with Crippen molar-refractivity contribution in [3.8, 4) is 0 Å². The zero-order valence-electron chi connectivity index (χ0n) is 7.88. The highest BCUT2D eigenvalue weighted by Gasteiger charge is 2.14. The maximum absolute atomic E-state index is 3.48. The molecule has 0 amide bonds. The Morgan fingerprint density at radius 3 is 2.17 bits per heavy atom. The molecule has 1 saturated heterocycles. The number of halogens is 2. The van der Waals surface area contributed by atoms with E-state index in [1.807, 2.05) is 0 Å². The topological polar surface area (TPSA) is 15.3 Å². The molecule has 76 valence electrons. The number of likely N-dealkylation sites (tertiary alicyclic amines) is 1. The number of nitrogens with one attached hydrogen (secondary N) is 1. The molecule has 0 bridgehead atoms. The Bertz CT molecular complexity index is 93.1. The second-order valence-corrected chi connectivity index (χ2v) is 3.14. The molecule has 0 unspecified atom stereocenters. The van der Waals surface area contributed by atoms with E-state index in [2.05, 4.69) is 24.2 Å². The molecule has 1 aliphatic heterocycles. The number of hydrogen-bond donors (Lipinski definition) is 1. The molecule has 1 aliphatic rings. The van der Waals surface area contributed by atoms with Gasteiger partial charge in [0.15, 0.2) is 0 Å². The quantitative estimate of drug-likeness (QED) is 0.751. The van der Waals surface area contributed by atoms with Crippen LogP contribution >= 0.6 is 24.8 Å². The highest BCUT2D eigenvalue weighted by Crippen LogP contribution is 2.07. The van der Waals surface area contributed by atoms with Gasteiger partial charge in [-0.3, -0.25) is 0 Å². The van der Waals surface area contributed by atoms with Crippen molar-refractivity contribution in [3.63, 3.8) is 0 Å². The molecular weight excluding hydrogens is 195 g/mol. The van der Waals surface area contributed by atoms with Crippen molar-refractivity contribution < 1.29 is 0 Å². The van der Waals surface area contributed by atoms with E-state index in [9.17, 15) is 0 Å². The summed E-state index contributed by atoms with van der Waals surface area (Å²) in [6.07, 6.45) is 2.65. The van der Waals surface area contributed by atoms with Crippen LogP contribution in [0, 0.1) is 0 Å². The molecule has 0 atom stereocenters. The molecule has 1 rings (SSSR count). The lowest BCUT2D eigenvalue weighted by atomic mass is 10.1. The Morgan fingerprint density at radius 2 is 1.75 bits per heavy atom. The van der Waals surface area contributed by atoms with Gasteiger partial charge < -0.3 is 10.2 Å². The first kappa shape index (κ1) is 15.0. The first-order valence-corrected chi connectivity index (χ1v) is 4.25. The van der Waals surface area contributed by atoms with Gasteiger partial charge in [-0.15, -0.1) is 24.8 Å². The predicted molar refractivity (Wildman–Crippen MR) is 58.7 cm³/mol. The maximum Gasteiger partial charge on any atom is 0.00912 e. The number of hydrogen-bond acceptors (Lipinski definition) is 2. The molecule has 2 nitrogen and oxygen atoms in total. The molecule has 0 saturated carbocycles. The molecule has 1 N–H and O–H groups in total. The maximum atomic E-state index is 3.48. The van der Waals surface area contributed by atoms with Crippen molar-refractivity contribution in [2.75, 3.05) is 26.7 Å². The standard InChI is InChI=1S/C8H18N2.2ClH/c1-3-9-8-4-6-10(2)7-5-8;;/h8-9H,3-7H2,1-2H3;2*1H. The summed E-state index contributed by atoms with van der Waals surface area (Å²) in [5.41, 5.74) is 0. The molecule has 1 fully saturated rings. The lowest BCUT2D eigenvalue weighted by Gasteiger charge is -2.29. The van der Waals surface area contributed by atoms with Crippen LogP contribution < -0.4 is 5.32 Å². The molecule has 0 radical (unpaired) electrons. The summed E-state index contributed by atoms with van der Waals surface area (Å²) >= 11 is 0. The van der Waals surface area contributed by atoms with Crippen molar-refractivity contribution in [3.05, 3.63) is 0 Å². The van der Waals surface area contributed by atoms with Crippen LogP contribution in [0.4, 0.5) is 0 Å². The second kappa shape index (κ2) is 8.11. The minimum absolute atomic E-state index is 0. The van der Waals surface area contributed by atoms with Crippen LogP contribution in [0.5, 0.6) is 0 Å². The Hall–Kier alpha value is 0.500. The minimum Gasteiger partial charge on any atom is -0.314 e. The zero-order chi connectivity index (χ0) is 7.40.